The molecule has 23 heavy (non-hydrogen) atoms. The number of rotatable bonds is 2. The van der Waals surface area contributed by atoms with Gasteiger partial charge in [0.15, 0.2) is 11.5 Å². The van der Waals surface area contributed by atoms with E-state index in [1.807, 2.05) is 0 Å². The van der Waals surface area contributed by atoms with Crippen LogP contribution in [0.2, 0.25) is 0 Å². The van der Waals surface area contributed by atoms with Crippen LogP contribution in [-0.4, -0.2) is 27.8 Å². The van der Waals surface area contributed by atoms with Gasteiger partial charge in [0, 0.05) is 7.05 Å². The van der Waals surface area contributed by atoms with Crippen molar-refractivity contribution in [2.24, 2.45) is 7.05 Å². The molecule has 1 aliphatic heterocycles. The zero-order valence-electron chi connectivity index (χ0n) is 12.3. The van der Waals surface area contributed by atoms with E-state index in [1.54, 1.807) is 6.07 Å². The van der Waals surface area contributed by atoms with Crippen LogP contribution in [0.25, 0.3) is 0 Å². The smallest absolute Gasteiger partial charge is 0.329 e. The summed E-state index contributed by atoms with van der Waals surface area (Å²) in [6.45, 7) is 0. The van der Waals surface area contributed by atoms with E-state index in [4.69, 9.17) is 4.74 Å². The molecule has 9 heteroatoms. The summed E-state index contributed by atoms with van der Waals surface area (Å²) in [5, 5.41) is 15.0. The van der Waals surface area contributed by atoms with Crippen molar-refractivity contribution in [2.45, 2.75) is 6.04 Å². The molecule has 1 aromatic heterocycles. The molecule has 2 heterocycles. The number of phenols is 1. The first-order chi connectivity index (χ1) is 10.9. The van der Waals surface area contributed by atoms with Crippen LogP contribution >= 0.6 is 0 Å². The van der Waals surface area contributed by atoms with Gasteiger partial charge in [-0.25, -0.2) is 9.59 Å². The molecule has 0 radical (unpaired) electrons. The van der Waals surface area contributed by atoms with Crippen LogP contribution in [0.5, 0.6) is 11.5 Å². The van der Waals surface area contributed by atoms with Crippen LogP contribution in [-0.2, 0) is 7.05 Å². The number of carbonyl (C=O) groups excluding carboxylic acids is 1. The highest BCUT2D eigenvalue weighted by atomic mass is 16.5. The van der Waals surface area contributed by atoms with Crippen LogP contribution in [0.3, 0.4) is 0 Å². The summed E-state index contributed by atoms with van der Waals surface area (Å²) in [4.78, 5) is 37.9. The summed E-state index contributed by atoms with van der Waals surface area (Å²) in [5.41, 5.74) is -0.594. The summed E-state index contributed by atoms with van der Waals surface area (Å²) in [5.74, 6) is 0.256. The van der Waals surface area contributed by atoms with Gasteiger partial charge in [0.05, 0.1) is 18.7 Å². The summed E-state index contributed by atoms with van der Waals surface area (Å²) in [6, 6.07) is 3.16. The first kappa shape index (κ1) is 14.7. The standard InChI is InChI=1S/C14H14N4O5/c1-18-11-9(12(20)17-14(18)22)10(15-13(21)16-11)6-3-4-8(23-2)7(19)5-6/h3-5,10,19H,1-2H3,(H2,15,16,21)(H,17,20,22). The number of anilines is 1. The van der Waals surface area contributed by atoms with Gasteiger partial charge in [-0.15, -0.1) is 0 Å². The fraction of sp³-hybridized carbons (Fsp3) is 0.214. The number of aromatic nitrogens is 2. The predicted octanol–water partition coefficient (Wildman–Crippen LogP) is 0.0123. The Bertz CT molecular complexity index is 914. The van der Waals surface area contributed by atoms with E-state index in [-0.39, 0.29) is 22.9 Å². The molecule has 0 aliphatic carbocycles. The van der Waals surface area contributed by atoms with Gasteiger partial charge in [0.25, 0.3) is 5.56 Å². The SMILES string of the molecule is COc1ccc(C2NC(=O)Nc3c2c(=O)[nH]c(=O)n3C)cc1O. The number of benzene rings is 1. The Morgan fingerprint density at radius 2 is 2.00 bits per heavy atom. The van der Waals surface area contributed by atoms with Gasteiger partial charge in [-0.3, -0.25) is 19.7 Å². The number of ether oxygens (including phenoxy) is 1. The molecule has 4 N–H and O–H groups in total. The van der Waals surface area contributed by atoms with Gasteiger partial charge >= 0.3 is 11.7 Å². The summed E-state index contributed by atoms with van der Waals surface area (Å²) < 4.78 is 6.12. The Kier molecular flexibility index (Phi) is 3.32. The average Bonchev–Trinajstić information content (AvgIpc) is 2.51. The molecule has 3 rings (SSSR count). The van der Waals surface area contributed by atoms with Gasteiger partial charge in [-0.05, 0) is 17.7 Å². The highest BCUT2D eigenvalue weighted by Gasteiger charge is 2.31. The molecule has 2 aromatic rings. The van der Waals surface area contributed by atoms with Crippen molar-refractivity contribution in [3.05, 3.63) is 50.2 Å². The number of fused-ring (bicyclic) bond motifs is 1. The highest BCUT2D eigenvalue weighted by Crippen LogP contribution is 2.33. The van der Waals surface area contributed by atoms with Gasteiger partial charge in [-0.1, -0.05) is 6.07 Å². The van der Waals surface area contributed by atoms with Crippen molar-refractivity contribution in [1.29, 1.82) is 0 Å². The Morgan fingerprint density at radius 1 is 1.26 bits per heavy atom. The molecular formula is C14H14N4O5. The molecule has 1 unspecified atom stereocenters. The van der Waals surface area contributed by atoms with E-state index >= 15 is 0 Å². The third-order valence-electron chi connectivity index (χ3n) is 3.69. The lowest BCUT2D eigenvalue weighted by molar-refractivity contribution is 0.248. The van der Waals surface area contributed by atoms with Crippen LogP contribution in [0, 0.1) is 0 Å². The van der Waals surface area contributed by atoms with Crippen molar-refractivity contribution >= 4 is 11.8 Å². The molecule has 1 aromatic carbocycles. The quantitative estimate of drug-likeness (QED) is 0.621. The molecule has 120 valence electrons. The number of nitrogens with one attached hydrogen (secondary N) is 3. The predicted molar refractivity (Wildman–Crippen MR) is 81.0 cm³/mol. The van der Waals surface area contributed by atoms with E-state index in [1.165, 1.54) is 26.3 Å². The number of phenolic OH excluding ortho intramolecular Hbond substituents is 1. The highest BCUT2D eigenvalue weighted by molar-refractivity contribution is 5.92. The zero-order chi connectivity index (χ0) is 16.7. The summed E-state index contributed by atoms with van der Waals surface area (Å²) in [7, 11) is 2.85. The van der Waals surface area contributed by atoms with Crippen molar-refractivity contribution < 1.29 is 14.6 Å². The molecule has 2 amide bonds. The number of hydrogen-bond acceptors (Lipinski definition) is 5. The molecule has 9 nitrogen and oxygen atoms in total. The second kappa shape index (κ2) is 5.20. The molecule has 1 atom stereocenters. The Balaban J connectivity index is 2.22. The second-order valence-corrected chi connectivity index (χ2v) is 5.04. The number of urea groups is 1. The zero-order valence-corrected chi connectivity index (χ0v) is 12.3. The van der Waals surface area contributed by atoms with Crippen molar-refractivity contribution in [3.63, 3.8) is 0 Å². The Morgan fingerprint density at radius 3 is 2.65 bits per heavy atom. The molecule has 0 saturated heterocycles. The first-order valence-corrected chi connectivity index (χ1v) is 6.70. The lowest BCUT2D eigenvalue weighted by Gasteiger charge is -2.27. The van der Waals surface area contributed by atoms with Crippen LogP contribution in [0.4, 0.5) is 10.6 Å². The topological polar surface area (TPSA) is 125 Å². The van der Waals surface area contributed by atoms with Gasteiger partial charge in [0.1, 0.15) is 5.82 Å². The fourth-order valence-corrected chi connectivity index (χ4v) is 2.54. The lowest BCUT2D eigenvalue weighted by Crippen LogP contribution is -2.46. The minimum absolute atomic E-state index is 0.114. The van der Waals surface area contributed by atoms with Crippen molar-refractivity contribution in [1.82, 2.24) is 14.9 Å². The number of carbonyl (C=O) groups is 1. The van der Waals surface area contributed by atoms with E-state index < -0.39 is 23.3 Å². The molecule has 0 bridgehead atoms. The maximum absolute atomic E-state index is 12.2. The minimum atomic E-state index is -0.814. The van der Waals surface area contributed by atoms with Crippen molar-refractivity contribution in [2.75, 3.05) is 12.4 Å². The molecule has 1 aliphatic rings. The lowest BCUT2D eigenvalue weighted by atomic mass is 9.98. The molecule has 0 spiro atoms. The van der Waals surface area contributed by atoms with Crippen LogP contribution in [0.1, 0.15) is 17.2 Å². The normalized spacial score (nSPS) is 16.3. The Labute approximate surface area is 129 Å². The van der Waals surface area contributed by atoms with Crippen LogP contribution < -0.4 is 26.6 Å². The van der Waals surface area contributed by atoms with E-state index in [2.05, 4.69) is 15.6 Å². The maximum atomic E-state index is 12.2. The maximum Gasteiger partial charge on any atom is 0.329 e. The second-order valence-electron chi connectivity index (χ2n) is 5.04. The number of H-pyrrole nitrogens is 1. The number of amides is 2. The van der Waals surface area contributed by atoms with E-state index in [9.17, 15) is 19.5 Å². The largest absolute Gasteiger partial charge is 0.504 e. The fourth-order valence-electron chi connectivity index (χ4n) is 2.54. The van der Waals surface area contributed by atoms with E-state index in [0.717, 1.165) is 4.57 Å². The Hall–Kier alpha value is -3.23. The number of aromatic hydroxyl groups is 1. The van der Waals surface area contributed by atoms with E-state index in [0.29, 0.717) is 5.56 Å². The third kappa shape index (κ3) is 2.31. The number of methoxy groups -OCH3 is 1. The third-order valence-corrected chi connectivity index (χ3v) is 3.69. The monoisotopic (exact) mass is 318 g/mol. The average molecular weight is 318 g/mol. The van der Waals surface area contributed by atoms with Gasteiger partial charge in [0.2, 0.25) is 0 Å². The molecular weight excluding hydrogens is 304 g/mol. The number of aromatic amines is 1. The van der Waals surface area contributed by atoms with Gasteiger partial charge in [-0.2, -0.15) is 0 Å². The van der Waals surface area contributed by atoms with Crippen LogP contribution in [0.15, 0.2) is 27.8 Å². The number of hydrogen-bond donors (Lipinski definition) is 4. The molecule has 0 saturated carbocycles. The molecule has 0 fully saturated rings. The first-order valence-electron chi connectivity index (χ1n) is 6.70. The number of nitrogens with zero attached hydrogens (tertiary/aromatic N) is 1. The van der Waals surface area contributed by atoms with Gasteiger partial charge < -0.3 is 15.2 Å². The minimum Gasteiger partial charge on any atom is -0.504 e. The van der Waals surface area contributed by atoms with Crippen molar-refractivity contribution in [3.8, 4) is 11.5 Å². The summed E-state index contributed by atoms with van der Waals surface area (Å²) in [6.07, 6.45) is 0. The summed E-state index contributed by atoms with van der Waals surface area (Å²) >= 11 is 0.